The van der Waals surface area contributed by atoms with Crippen molar-refractivity contribution < 1.29 is 0 Å². The SMILES string of the molecule is CC(C)=Cc1cnc(N)nc1. The van der Waals surface area contributed by atoms with Gasteiger partial charge in [0.15, 0.2) is 0 Å². The maximum absolute atomic E-state index is 5.31. The molecule has 0 radical (unpaired) electrons. The predicted molar refractivity (Wildman–Crippen MR) is 45.8 cm³/mol. The van der Waals surface area contributed by atoms with Gasteiger partial charge in [0.1, 0.15) is 0 Å². The zero-order valence-corrected chi connectivity index (χ0v) is 6.70. The second-order valence-corrected chi connectivity index (χ2v) is 2.60. The fraction of sp³-hybridized carbons (Fsp3) is 0.250. The van der Waals surface area contributed by atoms with Gasteiger partial charge in [0.25, 0.3) is 0 Å². The van der Waals surface area contributed by atoms with E-state index < -0.39 is 0 Å². The maximum atomic E-state index is 5.31. The van der Waals surface area contributed by atoms with Gasteiger partial charge >= 0.3 is 0 Å². The first kappa shape index (κ1) is 7.72. The number of nitrogens with zero attached hydrogens (tertiary/aromatic N) is 2. The lowest BCUT2D eigenvalue weighted by Gasteiger charge is -1.93. The summed E-state index contributed by atoms with van der Waals surface area (Å²) < 4.78 is 0. The Labute approximate surface area is 66.0 Å². The molecule has 3 heteroatoms. The molecule has 0 aromatic carbocycles. The molecule has 0 saturated carbocycles. The van der Waals surface area contributed by atoms with E-state index in [0.29, 0.717) is 5.95 Å². The van der Waals surface area contributed by atoms with E-state index >= 15 is 0 Å². The Morgan fingerprint density at radius 3 is 2.36 bits per heavy atom. The highest BCUT2D eigenvalue weighted by Gasteiger charge is 1.88. The standard InChI is InChI=1S/C8H11N3/c1-6(2)3-7-4-10-8(9)11-5-7/h3-5H,1-2H3,(H2,9,10,11). The number of nitrogens with two attached hydrogens (primary N) is 1. The smallest absolute Gasteiger partial charge is 0.219 e. The maximum Gasteiger partial charge on any atom is 0.219 e. The lowest BCUT2D eigenvalue weighted by atomic mass is 10.2. The predicted octanol–water partition coefficient (Wildman–Crippen LogP) is 1.48. The number of rotatable bonds is 1. The van der Waals surface area contributed by atoms with Crippen LogP contribution >= 0.6 is 0 Å². The molecule has 0 unspecified atom stereocenters. The van der Waals surface area contributed by atoms with Gasteiger partial charge in [-0.3, -0.25) is 0 Å². The average molecular weight is 149 g/mol. The number of aromatic nitrogens is 2. The quantitative estimate of drug-likeness (QED) is 0.658. The number of nitrogen functional groups attached to an aromatic ring is 1. The molecule has 0 saturated heterocycles. The van der Waals surface area contributed by atoms with Crippen molar-refractivity contribution in [2.45, 2.75) is 13.8 Å². The molecule has 0 bridgehead atoms. The zero-order valence-electron chi connectivity index (χ0n) is 6.70. The first-order chi connectivity index (χ1) is 5.18. The Hall–Kier alpha value is -1.38. The first-order valence-electron chi connectivity index (χ1n) is 3.41. The van der Waals surface area contributed by atoms with Crippen LogP contribution in [0, 0.1) is 0 Å². The molecule has 1 aromatic rings. The van der Waals surface area contributed by atoms with Crippen molar-refractivity contribution in [3.05, 3.63) is 23.5 Å². The average Bonchev–Trinajstić information content (AvgIpc) is 1.93. The van der Waals surface area contributed by atoms with E-state index in [2.05, 4.69) is 9.97 Å². The second-order valence-electron chi connectivity index (χ2n) is 2.60. The first-order valence-corrected chi connectivity index (χ1v) is 3.41. The van der Waals surface area contributed by atoms with Gasteiger partial charge in [-0.1, -0.05) is 11.6 Å². The third-order valence-electron chi connectivity index (χ3n) is 1.15. The summed E-state index contributed by atoms with van der Waals surface area (Å²) in [5, 5.41) is 0. The minimum Gasteiger partial charge on any atom is -0.368 e. The van der Waals surface area contributed by atoms with Crippen molar-refractivity contribution in [1.29, 1.82) is 0 Å². The molecule has 0 aliphatic rings. The van der Waals surface area contributed by atoms with Crippen LogP contribution in [0.5, 0.6) is 0 Å². The molecule has 1 rings (SSSR count). The van der Waals surface area contributed by atoms with Gasteiger partial charge in [-0.25, -0.2) is 9.97 Å². The van der Waals surface area contributed by atoms with Crippen LogP contribution in [0.3, 0.4) is 0 Å². The van der Waals surface area contributed by atoms with Gasteiger partial charge in [0.05, 0.1) is 0 Å². The minimum atomic E-state index is 0.316. The summed E-state index contributed by atoms with van der Waals surface area (Å²) in [5.41, 5.74) is 7.52. The Kier molecular flexibility index (Phi) is 2.21. The van der Waals surface area contributed by atoms with Crippen LogP contribution in [-0.4, -0.2) is 9.97 Å². The van der Waals surface area contributed by atoms with Gasteiger partial charge in [-0.15, -0.1) is 0 Å². The fourth-order valence-corrected chi connectivity index (χ4v) is 0.756. The molecular weight excluding hydrogens is 138 g/mol. The molecule has 11 heavy (non-hydrogen) atoms. The molecule has 0 atom stereocenters. The van der Waals surface area contributed by atoms with Gasteiger partial charge < -0.3 is 5.73 Å². The van der Waals surface area contributed by atoms with Gasteiger partial charge in [0, 0.05) is 18.0 Å². The third-order valence-corrected chi connectivity index (χ3v) is 1.15. The van der Waals surface area contributed by atoms with Crippen molar-refractivity contribution in [2.24, 2.45) is 0 Å². The number of anilines is 1. The summed E-state index contributed by atoms with van der Waals surface area (Å²) in [6.07, 6.45) is 5.41. The fourth-order valence-electron chi connectivity index (χ4n) is 0.756. The van der Waals surface area contributed by atoms with Crippen molar-refractivity contribution in [3.8, 4) is 0 Å². The summed E-state index contributed by atoms with van der Waals surface area (Å²) >= 11 is 0. The van der Waals surface area contributed by atoms with Crippen LogP contribution in [0.4, 0.5) is 5.95 Å². The van der Waals surface area contributed by atoms with E-state index in [4.69, 9.17) is 5.73 Å². The van der Waals surface area contributed by atoms with E-state index in [1.807, 2.05) is 19.9 Å². The lowest BCUT2D eigenvalue weighted by Crippen LogP contribution is -1.93. The summed E-state index contributed by atoms with van der Waals surface area (Å²) in [4.78, 5) is 7.71. The monoisotopic (exact) mass is 149 g/mol. The van der Waals surface area contributed by atoms with Gasteiger partial charge in [-0.05, 0) is 13.8 Å². The van der Waals surface area contributed by atoms with Crippen molar-refractivity contribution >= 4 is 12.0 Å². The molecule has 1 heterocycles. The lowest BCUT2D eigenvalue weighted by molar-refractivity contribution is 1.17. The Balaban J connectivity index is 2.91. The van der Waals surface area contributed by atoms with Crippen LogP contribution in [-0.2, 0) is 0 Å². The Bertz CT molecular complexity index is 257. The molecule has 0 fully saturated rings. The molecule has 58 valence electrons. The van der Waals surface area contributed by atoms with Crippen LogP contribution in [0.2, 0.25) is 0 Å². The Morgan fingerprint density at radius 2 is 1.91 bits per heavy atom. The molecule has 0 aliphatic carbocycles. The van der Waals surface area contributed by atoms with Crippen molar-refractivity contribution in [1.82, 2.24) is 9.97 Å². The Morgan fingerprint density at radius 1 is 1.36 bits per heavy atom. The highest BCUT2D eigenvalue weighted by atomic mass is 15.0. The van der Waals surface area contributed by atoms with Crippen molar-refractivity contribution in [2.75, 3.05) is 5.73 Å². The topological polar surface area (TPSA) is 51.8 Å². The largest absolute Gasteiger partial charge is 0.368 e. The number of allylic oxidation sites excluding steroid dienone is 1. The molecule has 0 aliphatic heterocycles. The molecule has 0 spiro atoms. The second kappa shape index (κ2) is 3.14. The van der Waals surface area contributed by atoms with E-state index in [9.17, 15) is 0 Å². The third kappa shape index (κ3) is 2.37. The van der Waals surface area contributed by atoms with E-state index in [1.54, 1.807) is 12.4 Å². The molecule has 3 nitrogen and oxygen atoms in total. The number of hydrogen-bond donors (Lipinski definition) is 1. The summed E-state index contributed by atoms with van der Waals surface area (Å²) in [6, 6.07) is 0. The van der Waals surface area contributed by atoms with Crippen LogP contribution in [0.15, 0.2) is 18.0 Å². The van der Waals surface area contributed by atoms with Crippen LogP contribution < -0.4 is 5.73 Å². The van der Waals surface area contributed by atoms with Gasteiger partial charge in [-0.2, -0.15) is 0 Å². The van der Waals surface area contributed by atoms with Crippen molar-refractivity contribution in [3.63, 3.8) is 0 Å². The molecule has 0 amide bonds. The van der Waals surface area contributed by atoms with Crippen LogP contribution in [0.25, 0.3) is 6.08 Å². The highest BCUT2D eigenvalue weighted by Crippen LogP contribution is 2.03. The summed E-state index contributed by atoms with van der Waals surface area (Å²) in [6.45, 7) is 4.05. The van der Waals surface area contributed by atoms with E-state index in [-0.39, 0.29) is 0 Å². The normalized spacial score (nSPS) is 9.27. The van der Waals surface area contributed by atoms with Crippen LogP contribution in [0.1, 0.15) is 19.4 Å². The highest BCUT2D eigenvalue weighted by molar-refractivity contribution is 5.49. The minimum absolute atomic E-state index is 0.316. The number of hydrogen-bond acceptors (Lipinski definition) is 3. The summed E-state index contributed by atoms with van der Waals surface area (Å²) in [5.74, 6) is 0.316. The zero-order chi connectivity index (χ0) is 8.27. The van der Waals surface area contributed by atoms with E-state index in [1.165, 1.54) is 5.57 Å². The molecule has 1 aromatic heterocycles. The van der Waals surface area contributed by atoms with Gasteiger partial charge in [0.2, 0.25) is 5.95 Å². The molecule has 2 N–H and O–H groups in total. The molecular formula is C8H11N3. The van der Waals surface area contributed by atoms with E-state index in [0.717, 1.165) is 5.56 Å². The summed E-state index contributed by atoms with van der Waals surface area (Å²) in [7, 11) is 0.